The highest BCUT2D eigenvalue weighted by atomic mass is 127. The van der Waals surface area contributed by atoms with E-state index in [0.29, 0.717) is 38.6 Å². The van der Waals surface area contributed by atoms with E-state index in [1.54, 1.807) is 0 Å². The number of ether oxygens (including phenoxy) is 1. The number of hydrogen-bond acceptors (Lipinski definition) is 4. The van der Waals surface area contributed by atoms with E-state index in [-0.39, 0.29) is 24.0 Å². The molecule has 0 atom stereocenters. The molecule has 3 rings (SSSR count). The van der Waals surface area contributed by atoms with Crippen molar-refractivity contribution in [3.63, 3.8) is 0 Å². The van der Waals surface area contributed by atoms with Crippen molar-refractivity contribution < 1.29 is 9.84 Å². The first-order valence-corrected chi connectivity index (χ1v) is 9.27. The van der Waals surface area contributed by atoms with Crippen molar-refractivity contribution in [2.45, 2.75) is 63.1 Å². The second-order valence-electron chi connectivity index (χ2n) is 7.22. The molecule has 0 radical (unpaired) electrons. The third-order valence-electron chi connectivity index (χ3n) is 5.23. The topological polar surface area (TPSA) is 69.1 Å². The van der Waals surface area contributed by atoms with Gasteiger partial charge in [-0.2, -0.15) is 0 Å². The molecule has 3 fully saturated rings. The molecule has 1 aliphatic carbocycles. The van der Waals surface area contributed by atoms with Crippen molar-refractivity contribution in [3.8, 4) is 0 Å². The SMILES string of the molecule is CCNC(=NCC1(O)CCOCC1)NC1CCN(C2CC2)CC1.I. The van der Waals surface area contributed by atoms with Gasteiger partial charge in [0.1, 0.15) is 0 Å². The van der Waals surface area contributed by atoms with Gasteiger partial charge in [-0.1, -0.05) is 0 Å². The predicted molar refractivity (Wildman–Crippen MR) is 107 cm³/mol. The monoisotopic (exact) mass is 452 g/mol. The minimum absolute atomic E-state index is 0. The Morgan fingerprint density at radius 2 is 1.88 bits per heavy atom. The van der Waals surface area contributed by atoms with Gasteiger partial charge in [0.05, 0.1) is 12.1 Å². The Kier molecular flexibility index (Phi) is 8.03. The fourth-order valence-corrected chi connectivity index (χ4v) is 3.50. The van der Waals surface area contributed by atoms with Crippen molar-refractivity contribution in [1.29, 1.82) is 0 Å². The molecule has 24 heavy (non-hydrogen) atoms. The lowest BCUT2D eigenvalue weighted by molar-refractivity contribution is -0.0566. The van der Waals surface area contributed by atoms with E-state index < -0.39 is 5.60 Å². The van der Waals surface area contributed by atoms with Crippen LogP contribution in [0, 0.1) is 0 Å². The van der Waals surface area contributed by atoms with Crippen LogP contribution in [-0.2, 0) is 4.74 Å². The van der Waals surface area contributed by atoms with Crippen LogP contribution < -0.4 is 10.6 Å². The molecule has 0 unspecified atom stereocenters. The summed E-state index contributed by atoms with van der Waals surface area (Å²) in [5.74, 6) is 0.845. The zero-order valence-electron chi connectivity index (χ0n) is 14.8. The lowest BCUT2D eigenvalue weighted by Gasteiger charge is -2.34. The fourth-order valence-electron chi connectivity index (χ4n) is 3.50. The summed E-state index contributed by atoms with van der Waals surface area (Å²) in [5.41, 5.74) is -0.698. The van der Waals surface area contributed by atoms with Gasteiger partial charge in [0, 0.05) is 57.8 Å². The molecule has 7 heteroatoms. The zero-order valence-corrected chi connectivity index (χ0v) is 17.1. The van der Waals surface area contributed by atoms with Gasteiger partial charge >= 0.3 is 0 Å². The molecule has 2 aliphatic heterocycles. The third-order valence-corrected chi connectivity index (χ3v) is 5.23. The number of nitrogens with zero attached hydrogens (tertiary/aromatic N) is 2. The van der Waals surface area contributed by atoms with Gasteiger partial charge in [0.25, 0.3) is 0 Å². The maximum absolute atomic E-state index is 10.5. The van der Waals surface area contributed by atoms with E-state index in [1.807, 2.05) is 0 Å². The number of guanidine groups is 1. The van der Waals surface area contributed by atoms with Crippen molar-refractivity contribution in [1.82, 2.24) is 15.5 Å². The highest BCUT2D eigenvalue weighted by Gasteiger charge is 2.32. The Morgan fingerprint density at radius 1 is 1.21 bits per heavy atom. The standard InChI is InChI=1S/C17H32N4O2.HI/c1-2-18-16(19-13-17(22)7-11-23-12-8-17)20-14-5-9-21(10-6-14)15-3-4-15;/h14-15,22H,2-13H2,1H3,(H2,18,19,20);1H. The van der Waals surface area contributed by atoms with Gasteiger partial charge < -0.3 is 25.4 Å². The van der Waals surface area contributed by atoms with E-state index >= 15 is 0 Å². The van der Waals surface area contributed by atoms with E-state index in [9.17, 15) is 5.11 Å². The average Bonchev–Trinajstić information content (AvgIpc) is 3.39. The van der Waals surface area contributed by atoms with Crippen LogP contribution in [0.5, 0.6) is 0 Å². The lowest BCUT2D eigenvalue weighted by Crippen LogP contribution is -2.49. The van der Waals surface area contributed by atoms with Crippen LogP contribution in [-0.4, -0.2) is 73.0 Å². The first kappa shape index (κ1) is 20.2. The Bertz CT molecular complexity index is 403. The summed E-state index contributed by atoms with van der Waals surface area (Å²) in [5, 5.41) is 17.4. The first-order valence-electron chi connectivity index (χ1n) is 9.27. The number of likely N-dealkylation sites (tertiary alicyclic amines) is 1. The minimum atomic E-state index is -0.698. The van der Waals surface area contributed by atoms with E-state index in [4.69, 9.17) is 4.74 Å². The number of aliphatic imine (C=N–C) groups is 1. The number of hydrogen-bond donors (Lipinski definition) is 3. The highest BCUT2D eigenvalue weighted by molar-refractivity contribution is 14.0. The Hall–Kier alpha value is -0.120. The first-order chi connectivity index (χ1) is 11.2. The zero-order chi connectivity index (χ0) is 16.1. The number of rotatable bonds is 5. The molecule has 3 N–H and O–H groups in total. The predicted octanol–water partition coefficient (Wildman–Crippen LogP) is 1.33. The molecule has 140 valence electrons. The summed E-state index contributed by atoms with van der Waals surface area (Å²) < 4.78 is 5.33. The maximum Gasteiger partial charge on any atom is 0.191 e. The maximum atomic E-state index is 10.5. The minimum Gasteiger partial charge on any atom is -0.388 e. The molecule has 0 spiro atoms. The summed E-state index contributed by atoms with van der Waals surface area (Å²) in [6.07, 6.45) is 6.50. The quantitative estimate of drug-likeness (QED) is 0.334. The van der Waals surface area contributed by atoms with Crippen molar-refractivity contribution in [3.05, 3.63) is 0 Å². The van der Waals surface area contributed by atoms with Crippen LogP contribution in [0.1, 0.15) is 45.4 Å². The Labute approximate surface area is 162 Å². The molecule has 0 bridgehead atoms. The second-order valence-corrected chi connectivity index (χ2v) is 7.22. The number of halogens is 1. The van der Waals surface area contributed by atoms with Crippen molar-refractivity contribution in [2.75, 3.05) is 39.4 Å². The van der Waals surface area contributed by atoms with Gasteiger partial charge in [-0.3, -0.25) is 4.99 Å². The summed E-state index contributed by atoms with van der Waals surface area (Å²) in [6, 6.07) is 1.37. The lowest BCUT2D eigenvalue weighted by atomic mass is 9.95. The number of aliphatic hydroxyl groups is 1. The molecular formula is C17H33IN4O2. The molecular weight excluding hydrogens is 419 g/mol. The van der Waals surface area contributed by atoms with Crippen LogP contribution in [0.15, 0.2) is 4.99 Å². The van der Waals surface area contributed by atoms with Crippen LogP contribution in [0.4, 0.5) is 0 Å². The third kappa shape index (κ3) is 6.00. The molecule has 1 saturated carbocycles. The molecule has 3 aliphatic rings. The molecule has 0 amide bonds. The van der Waals surface area contributed by atoms with Crippen LogP contribution in [0.25, 0.3) is 0 Å². The van der Waals surface area contributed by atoms with Gasteiger partial charge in [-0.05, 0) is 32.6 Å². The molecule has 2 heterocycles. The molecule has 0 aromatic carbocycles. The normalized spacial score (nSPS) is 25.8. The largest absolute Gasteiger partial charge is 0.388 e. The second kappa shape index (κ2) is 9.54. The molecule has 2 saturated heterocycles. The number of piperidine rings is 1. The van der Waals surface area contributed by atoms with Gasteiger partial charge in [0.2, 0.25) is 0 Å². The van der Waals surface area contributed by atoms with Crippen molar-refractivity contribution in [2.24, 2.45) is 4.99 Å². The summed E-state index contributed by atoms with van der Waals surface area (Å²) in [7, 11) is 0. The molecule has 0 aromatic rings. The van der Waals surface area contributed by atoms with E-state index in [2.05, 4.69) is 27.4 Å². The smallest absolute Gasteiger partial charge is 0.191 e. The van der Waals surface area contributed by atoms with Crippen molar-refractivity contribution >= 4 is 29.9 Å². The van der Waals surface area contributed by atoms with Crippen LogP contribution in [0.3, 0.4) is 0 Å². The summed E-state index contributed by atoms with van der Waals surface area (Å²) >= 11 is 0. The van der Waals surface area contributed by atoms with Gasteiger partial charge in [-0.25, -0.2) is 0 Å². The van der Waals surface area contributed by atoms with Crippen LogP contribution in [0.2, 0.25) is 0 Å². The molecule has 0 aromatic heterocycles. The average molecular weight is 452 g/mol. The van der Waals surface area contributed by atoms with E-state index in [0.717, 1.165) is 18.5 Å². The van der Waals surface area contributed by atoms with Gasteiger partial charge in [-0.15, -0.1) is 24.0 Å². The van der Waals surface area contributed by atoms with Gasteiger partial charge in [0.15, 0.2) is 5.96 Å². The molecule has 6 nitrogen and oxygen atoms in total. The van der Waals surface area contributed by atoms with Crippen LogP contribution >= 0.6 is 24.0 Å². The van der Waals surface area contributed by atoms with E-state index in [1.165, 1.54) is 38.8 Å². The highest BCUT2D eigenvalue weighted by Crippen LogP contribution is 2.29. The Morgan fingerprint density at radius 3 is 2.46 bits per heavy atom. The summed E-state index contributed by atoms with van der Waals surface area (Å²) in [4.78, 5) is 7.28. The summed E-state index contributed by atoms with van der Waals surface area (Å²) in [6.45, 7) is 7.04. The fraction of sp³-hybridized carbons (Fsp3) is 0.941. The Balaban J connectivity index is 0.00000208. The number of nitrogens with one attached hydrogen (secondary N) is 2.